The summed E-state index contributed by atoms with van der Waals surface area (Å²) in [6.45, 7) is 3.33. The number of hydrogen-bond donors (Lipinski definition) is 1. The highest BCUT2D eigenvalue weighted by atomic mass is 35.5. The first-order chi connectivity index (χ1) is 19.2. The van der Waals surface area contributed by atoms with E-state index in [0.717, 1.165) is 36.1 Å². The summed E-state index contributed by atoms with van der Waals surface area (Å²) in [5, 5.41) is 4.43. The van der Waals surface area contributed by atoms with Gasteiger partial charge in [-0.1, -0.05) is 55.8 Å². The molecule has 1 aromatic heterocycles. The number of nitrogens with zero attached hydrogens (tertiary/aromatic N) is 2. The summed E-state index contributed by atoms with van der Waals surface area (Å²) >= 11 is 13.2. The van der Waals surface area contributed by atoms with E-state index in [9.17, 15) is 9.59 Å². The van der Waals surface area contributed by atoms with Gasteiger partial charge >= 0.3 is 0 Å². The Bertz CT molecular complexity index is 1380. The van der Waals surface area contributed by atoms with Crippen LogP contribution in [-0.2, 0) is 27.7 Å². The highest BCUT2D eigenvalue weighted by molar-refractivity contribution is 6.36. The summed E-state index contributed by atoms with van der Waals surface area (Å²) in [7, 11) is 3.58. The fourth-order valence-corrected chi connectivity index (χ4v) is 6.41. The lowest BCUT2D eigenvalue weighted by molar-refractivity contribution is -0.133. The Hall–Kier alpha value is -2.58. The van der Waals surface area contributed by atoms with Crippen molar-refractivity contribution in [2.75, 3.05) is 25.6 Å². The molecule has 0 unspecified atom stereocenters. The number of ether oxygens (including phenoxy) is 2. The second-order valence-electron chi connectivity index (χ2n) is 11.2. The van der Waals surface area contributed by atoms with Crippen LogP contribution in [0.25, 0.3) is 10.9 Å². The van der Waals surface area contributed by atoms with Crippen molar-refractivity contribution < 1.29 is 19.1 Å². The Morgan fingerprint density at radius 1 is 1.05 bits per heavy atom. The van der Waals surface area contributed by atoms with E-state index in [1.54, 1.807) is 25.4 Å². The molecule has 0 bridgehead atoms. The van der Waals surface area contributed by atoms with Gasteiger partial charge in [0.2, 0.25) is 5.91 Å². The molecular formula is C32H41Cl2N3O4. The van der Waals surface area contributed by atoms with Crippen molar-refractivity contribution >= 4 is 51.6 Å². The SMILES string of the molecule is C.CO[C@H]1C[C@@H](COC2CCC(C)CC2)N(C(=O)Cc2cc(Cl)c(NC(=O)c3cn(C)c4ccccc34)cc2Cl)C1. The number of aryl methyl sites for hydroxylation is 1. The molecule has 1 N–H and O–H groups in total. The molecule has 1 aliphatic carbocycles. The largest absolute Gasteiger partial charge is 0.380 e. The van der Waals surface area contributed by atoms with E-state index < -0.39 is 0 Å². The van der Waals surface area contributed by atoms with Crippen molar-refractivity contribution in [1.29, 1.82) is 0 Å². The molecule has 0 radical (unpaired) electrons. The topological polar surface area (TPSA) is 72.8 Å². The third kappa shape index (κ3) is 7.08. The average molecular weight is 603 g/mol. The fourth-order valence-electron chi connectivity index (χ4n) is 5.95. The van der Waals surface area contributed by atoms with Crippen molar-refractivity contribution in [3.63, 3.8) is 0 Å². The van der Waals surface area contributed by atoms with Crippen LogP contribution in [0.3, 0.4) is 0 Å². The lowest BCUT2D eigenvalue weighted by Gasteiger charge is -2.30. The van der Waals surface area contributed by atoms with Crippen LogP contribution in [0.2, 0.25) is 10.0 Å². The van der Waals surface area contributed by atoms with Crippen LogP contribution in [-0.4, -0.2) is 59.8 Å². The maximum absolute atomic E-state index is 13.5. The zero-order valence-electron chi connectivity index (χ0n) is 23.3. The first-order valence-electron chi connectivity index (χ1n) is 14.0. The molecule has 0 spiro atoms. The number of carbonyl (C=O) groups excluding carboxylic acids is 2. The number of para-hydroxylation sites is 1. The van der Waals surface area contributed by atoms with Crippen LogP contribution < -0.4 is 5.32 Å². The number of methoxy groups -OCH3 is 1. The van der Waals surface area contributed by atoms with Gasteiger partial charge in [0.05, 0.1) is 47.6 Å². The Balaban J connectivity index is 0.00000387. The molecule has 2 atom stereocenters. The van der Waals surface area contributed by atoms with Crippen molar-refractivity contribution in [2.24, 2.45) is 13.0 Å². The lowest BCUT2D eigenvalue weighted by atomic mass is 9.89. The Labute approximate surface area is 253 Å². The number of nitrogens with one attached hydrogen (secondary N) is 1. The molecule has 1 saturated carbocycles. The highest BCUT2D eigenvalue weighted by Gasteiger charge is 2.36. The van der Waals surface area contributed by atoms with Gasteiger partial charge < -0.3 is 24.3 Å². The predicted octanol–water partition coefficient (Wildman–Crippen LogP) is 7.13. The second kappa shape index (κ2) is 13.6. The van der Waals surface area contributed by atoms with Crippen LogP contribution in [0, 0.1) is 5.92 Å². The van der Waals surface area contributed by atoms with Gasteiger partial charge in [-0.3, -0.25) is 9.59 Å². The first kappa shape index (κ1) is 31.4. The van der Waals surface area contributed by atoms with Gasteiger partial charge in [-0.25, -0.2) is 0 Å². The summed E-state index contributed by atoms with van der Waals surface area (Å²) in [6, 6.07) is 11.0. The molecule has 2 aromatic carbocycles. The van der Waals surface area contributed by atoms with Crippen LogP contribution in [0.4, 0.5) is 5.69 Å². The van der Waals surface area contributed by atoms with Crippen molar-refractivity contribution in [3.8, 4) is 0 Å². The zero-order chi connectivity index (χ0) is 28.4. The standard InChI is InChI=1S/C31H37Cl2N3O4.CH4/c1-19-8-10-22(11-9-19)40-18-21-14-23(39-3)16-36(21)30(37)13-20-12-27(33)28(15-26(20)32)34-31(38)25-17-35(2)29-7-5-4-6-24(25)29;/h4-7,12,15,17,19,21-23H,8-11,13-14,16,18H2,1-3H3,(H,34,38);1H4/t19?,21-,22?,23-;/m0./s1. The molecule has 7 nitrogen and oxygen atoms in total. The number of anilines is 1. The number of benzene rings is 2. The number of amides is 2. The molecule has 2 heterocycles. The molecule has 3 aromatic rings. The van der Waals surface area contributed by atoms with E-state index in [4.69, 9.17) is 32.7 Å². The van der Waals surface area contributed by atoms with Gasteiger partial charge in [0.1, 0.15) is 0 Å². The third-order valence-electron chi connectivity index (χ3n) is 8.38. The maximum Gasteiger partial charge on any atom is 0.257 e. The van der Waals surface area contributed by atoms with E-state index in [1.165, 1.54) is 12.8 Å². The summed E-state index contributed by atoms with van der Waals surface area (Å²) in [4.78, 5) is 28.4. The molecule has 41 heavy (non-hydrogen) atoms. The number of aromatic nitrogens is 1. The predicted molar refractivity (Wildman–Crippen MR) is 166 cm³/mol. The quantitative estimate of drug-likeness (QED) is 0.298. The molecule has 222 valence electrons. The van der Waals surface area contributed by atoms with E-state index >= 15 is 0 Å². The molecule has 1 saturated heterocycles. The molecule has 2 fully saturated rings. The van der Waals surface area contributed by atoms with Gasteiger partial charge in [-0.15, -0.1) is 0 Å². The van der Waals surface area contributed by atoms with Crippen LogP contribution in [0.15, 0.2) is 42.6 Å². The molecule has 2 amide bonds. The second-order valence-corrected chi connectivity index (χ2v) is 12.0. The summed E-state index contributed by atoms with van der Waals surface area (Å²) in [6.07, 6.45) is 7.42. The minimum Gasteiger partial charge on any atom is -0.380 e. The number of likely N-dealkylation sites (tertiary alicyclic amines) is 1. The van der Waals surface area contributed by atoms with Gasteiger partial charge in [-0.2, -0.15) is 0 Å². The van der Waals surface area contributed by atoms with E-state index in [1.807, 2.05) is 40.8 Å². The minimum absolute atomic E-state index is 0. The Morgan fingerprint density at radius 3 is 2.51 bits per heavy atom. The summed E-state index contributed by atoms with van der Waals surface area (Å²) in [5.41, 5.74) is 2.51. The third-order valence-corrected chi connectivity index (χ3v) is 9.05. The molecule has 1 aliphatic heterocycles. The number of rotatable bonds is 8. The lowest BCUT2D eigenvalue weighted by Crippen LogP contribution is -2.40. The monoisotopic (exact) mass is 601 g/mol. The highest BCUT2D eigenvalue weighted by Crippen LogP contribution is 2.32. The van der Waals surface area contributed by atoms with Gasteiger partial charge in [0, 0.05) is 42.8 Å². The minimum atomic E-state index is -0.281. The van der Waals surface area contributed by atoms with Crippen LogP contribution in [0.5, 0.6) is 0 Å². The van der Waals surface area contributed by atoms with Gasteiger partial charge in [-0.05, 0) is 61.8 Å². The number of hydrogen-bond acceptors (Lipinski definition) is 4. The smallest absolute Gasteiger partial charge is 0.257 e. The summed E-state index contributed by atoms with van der Waals surface area (Å²) < 4.78 is 13.8. The van der Waals surface area contributed by atoms with Gasteiger partial charge in [0.25, 0.3) is 5.91 Å². The Kier molecular flexibility index (Phi) is 10.4. The van der Waals surface area contributed by atoms with E-state index in [-0.39, 0.29) is 43.9 Å². The van der Waals surface area contributed by atoms with Crippen molar-refractivity contribution in [3.05, 3.63) is 63.8 Å². The van der Waals surface area contributed by atoms with E-state index in [0.29, 0.717) is 40.0 Å². The summed E-state index contributed by atoms with van der Waals surface area (Å²) in [5.74, 6) is 0.434. The van der Waals surface area contributed by atoms with E-state index in [2.05, 4.69) is 12.2 Å². The Morgan fingerprint density at radius 2 is 1.78 bits per heavy atom. The van der Waals surface area contributed by atoms with Crippen LogP contribution in [0.1, 0.15) is 62.4 Å². The molecule has 2 aliphatic rings. The van der Waals surface area contributed by atoms with Gasteiger partial charge in [0.15, 0.2) is 0 Å². The number of halogens is 2. The number of fused-ring (bicyclic) bond motifs is 1. The maximum atomic E-state index is 13.5. The first-order valence-corrected chi connectivity index (χ1v) is 14.8. The van der Waals surface area contributed by atoms with Crippen molar-refractivity contribution in [2.45, 2.75) is 71.1 Å². The number of carbonyl (C=O) groups is 2. The van der Waals surface area contributed by atoms with Crippen molar-refractivity contribution in [1.82, 2.24) is 9.47 Å². The zero-order valence-corrected chi connectivity index (χ0v) is 24.8. The van der Waals surface area contributed by atoms with Crippen LogP contribution >= 0.6 is 23.2 Å². The average Bonchev–Trinajstić information content (AvgIpc) is 3.52. The normalized spacial score (nSPS) is 22.5. The molecular weight excluding hydrogens is 561 g/mol. The molecule has 9 heteroatoms. The fraction of sp³-hybridized carbons (Fsp3) is 0.500. The molecule has 5 rings (SSSR count).